The zero-order valence-electron chi connectivity index (χ0n) is 28.3. The van der Waals surface area contributed by atoms with Crippen LogP contribution in [0.15, 0.2) is 47.4 Å². The van der Waals surface area contributed by atoms with Crippen molar-refractivity contribution in [2.24, 2.45) is 11.8 Å². The Hall–Kier alpha value is -4.16. The maximum atomic E-state index is 15.8. The third-order valence-electron chi connectivity index (χ3n) is 9.33. The van der Waals surface area contributed by atoms with E-state index in [2.05, 4.69) is 5.32 Å². The standard InChI is InChI=1S/C37H41F7N2O4/c1-20(2)14-30(46-19-24(13-7-12-23-10-6-11-23)27(17-31(46)47)36(39,40)41)35(50)45-29(18-32(48)49)26-15-25(16-28(34(26)38)37(42,43)44)33-21(3)8-5-9-22(33)4/h5,8-9,15-17,19-20,23,29-30H,6-7,10-14,18H2,1-4H3,(H,45,50)(H,48,49)/t29-,30-/m0/s1. The van der Waals surface area contributed by atoms with E-state index in [4.69, 9.17) is 0 Å². The largest absolute Gasteiger partial charge is 0.481 e. The summed E-state index contributed by atoms with van der Waals surface area (Å²) in [5.41, 5.74) is -3.43. The SMILES string of the molecule is Cc1cccc(C)c1-c1cc([C@H](CC(=O)O)NC(=O)[C@H](CC(C)C)n2cc(CCCC3CCC3)c(C(F)(F)F)cc2=O)c(F)c(C(F)(F)F)c1. The van der Waals surface area contributed by atoms with Crippen molar-refractivity contribution < 1.29 is 45.4 Å². The van der Waals surface area contributed by atoms with E-state index >= 15 is 4.39 Å². The molecule has 0 aliphatic heterocycles. The van der Waals surface area contributed by atoms with Crippen LogP contribution in [0.4, 0.5) is 30.7 Å². The smallest absolute Gasteiger partial charge is 0.419 e. The predicted molar refractivity (Wildman–Crippen MR) is 174 cm³/mol. The van der Waals surface area contributed by atoms with Crippen molar-refractivity contribution in [3.8, 4) is 11.1 Å². The second-order valence-electron chi connectivity index (χ2n) is 13.6. The predicted octanol–water partition coefficient (Wildman–Crippen LogP) is 9.35. The average Bonchev–Trinajstić information content (AvgIpc) is 2.96. The van der Waals surface area contributed by atoms with Crippen LogP contribution < -0.4 is 10.9 Å². The molecule has 2 atom stereocenters. The van der Waals surface area contributed by atoms with Crippen LogP contribution >= 0.6 is 0 Å². The Morgan fingerprint density at radius 1 is 0.980 bits per heavy atom. The molecule has 0 unspecified atom stereocenters. The van der Waals surface area contributed by atoms with Gasteiger partial charge in [0.15, 0.2) is 0 Å². The highest BCUT2D eigenvalue weighted by Crippen LogP contribution is 2.40. The van der Waals surface area contributed by atoms with Gasteiger partial charge < -0.3 is 15.0 Å². The summed E-state index contributed by atoms with van der Waals surface area (Å²) in [6.45, 7) is 6.67. The molecule has 2 N–H and O–H groups in total. The Kier molecular flexibility index (Phi) is 11.9. The number of rotatable bonds is 13. The maximum Gasteiger partial charge on any atom is 0.419 e. The number of halogens is 7. The van der Waals surface area contributed by atoms with Gasteiger partial charge in [-0.1, -0.05) is 57.7 Å². The molecule has 272 valence electrons. The number of pyridine rings is 1. The number of aryl methyl sites for hydroxylation is 3. The summed E-state index contributed by atoms with van der Waals surface area (Å²) in [7, 11) is 0. The zero-order chi connectivity index (χ0) is 37.1. The first-order valence-electron chi connectivity index (χ1n) is 16.6. The van der Waals surface area contributed by atoms with Crippen LogP contribution in [0.1, 0.15) is 104 Å². The molecule has 50 heavy (non-hydrogen) atoms. The fourth-order valence-electron chi connectivity index (χ4n) is 6.66. The molecule has 1 saturated carbocycles. The summed E-state index contributed by atoms with van der Waals surface area (Å²) in [4.78, 5) is 39.2. The number of aliphatic carboxylic acids is 1. The van der Waals surface area contributed by atoms with Crippen LogP contribution in [0.5, 0.6) is 0 Å². The quantitative estimate of drug-likeness (QED) is 0.173. The monoisotopic (exact) mass is 710 g/mol. The van der Waals surface area contributed by atoms with Gasteiger partial charge in [-0.05, 0) is 84.9 Å². The molecular weight excluding hydrogens is 669 g/mol. The molecule has 1 amide bonds. The van der Waals surface area contributed by atoms with Crippen molar-refractivity contribution in [3.63, 3.8) is 0 Å². The molecule has 0 radical (unpaired) electrons. The highest BCUT2D eigenvalue weighted by Gasteiger charge is 2.39. The highest BCUT2D eigenvalue weighted by atomic mass is 19.4. The maximum absolute atomic E-state index is 15.8. The Morgan fingerprint density at radius 3 is 2.12 bits per heavy atom. The summed E-state index contributed by atoms with van der Waals surface area (Å²) in [6, 6.07) is 3.78. The first kappa shape index (κ1) is 38.6. The number of carboxylic acids is 1. The first-order chi connectivity index (χ1) is 23.3. The normalized spacial score (nSPS) is 15.1. The minimum atomic E-state index is -5.19. The van der Waals surface area contributed by atoms with Gasteiger partial charge in [0.25, 0.3) is 5.56 Å². The minimum Gasteiger partial charge on any atom is -0.481 e. The van der Waals surface area contributed by atoms with E-state index in [0.717, 1.165) is 36.1 Å². The number of carbonyl (C=O) groups excluding carboxylic acids is 1. The fraction of sp³-hybridized carbons (Fsp3) is 0.486. The Bertz CT molecular complexity index is 1750. The average molecular weight is 711 g/mol. The number of carbonyl (C=O) groups is 2. The summed E-state index contributed by atoms with van der Waals surface area (Å²) in [5, 5.41) is 12.1. The van der Waals surface area contributed by atoms with Gasteiger partial charge in [0.05, 0.1) is 23.6 Å². The molecule has 3 aromatic rings. The molecular formula is C37H41F7N2O4. The molecule has 13 heteroatoms. The number of nitrogens with one attached hydrogen (secondary N) is 1. The molecule has 0 spiro atoms. The summed E-state index contributed by atoms with van der Waals surface area (Å²) in [5.74, 6) is -4.30. The van der Waals surface area contributed by atoms with Crippen LogP contribution in [0.25, 0.3) is 11.1 Å². The lowest BCUT2D eigenvalue weighted by Gasteiger charge is -2.27. The molecule has 0 saturated heterocycles. The number of benzene rings is 2. The molecule has 1 aliphatic rings. The van der Waals surface area contributed by atoms with E-state index in [1.54, 1.807) is 45.9 Å². The van der Waals surface area contributed by atoms with Crippen LogP contribution in [-0.4, -0.2) is 21.6 Å². The van der Waals surface area contributed by atoms with Gasteiger partial charge in [-0.25, -0.2) is 4.39 Å². The van der Waals surface area contributed by atoms with Crippen molar-refractivity contribution >= 4 is 11.9 Å². The van der Waals surface area contributed by atoms with Gasteiger partial charge >= 0.3 is 18.3 Å². The van der Waals surface area contributed by atoms with Crippen LogP contribution in [-0.2, 0) is 28.4 Å². The van der Waals surface area contributed by atoms with Gasteiger partial charge in [-0.3, -0.25) is 14.4 Å². The second kappa shape index (κ2) is 15.4. The van der Waals surface area contributed by atoms with Crippen molar-refractivity contribution in [2.75, 3.05) is 0 Å². The Labute approximate surface area is 285 Å². The Balaban J connectivity index is 1.81. The molecule has 0 bridgehead atoms. The number of carboxylic acid groups (broad SMARTS) is 1. The molecule has 1 aliphatic carbocycles. The van der Waals surface area contributed by atoms with Crippen molar-refractivity contribution in [1.82, 2.24) is 9.88 Å². The van der Waals surface area contributed by atoms with Gasteiger partial charge in [0, 0.05) is 17.8 Å². The van der Waals surface area contributed by atoms with Crippen molar-refractivity contribution in [1.29, 1.82) is 0 Å². The van der Waals surface area contributed by atoms with E-state index in [0.29, 0.717) is 47.6 Å². The molecule has 1 aromatic heterocycles. The van der Waals surface area contributed by atoms with Gasteiger partial charge in [-0.15, -0.1) is 0 Å². The number of amides is 1. The summed E-state index contributed by atoms with van der Waals surface area (Å²) < 4.78 is 101. The minimum absolute atomic E-state index is 0.0141. The van der Waals surface area contributed by atoms with E-state index in [1.807, 2.05) is 0 Å². The van der Waals surface area contributed by atoms with Crippen molar-refractivity contribution in [3.05, 3.63) is 92.1 Å². The second-order valence-corrected chi connectivity index (χ2v) is 13.6. The number of hydrogen-bond acceptors (Lipinski definition) is 3. The van der Waals surface area contributed by atoms with Crippen LogP contribution in [0.3, 0.4) is 0 Å². The Morgan fingerprint density at radius 2 is 1.60 bits per heavy atom. The van der Waals surface area contributed by atoms with Gasteiger partial charge in [0.2, 0.25) is 5.91 Å². The summed E-state index contributed by atoms with van der Waals surface area (Å²) >= 11 is 0. The van der Waals surface area contributed by atoms with E-state index < -0.39 is 70.8 Å². The topological polar surface area (TPSA) is 88.4 Å². The molecule has 4 rings (SSSR count). The fourth-order valence-corrected chi connectivity index (χ4v) is 6.66. The van der Waals surface area contributed by atoms with E-state index in [9.17, 15) is 45.8 Å². The van der Waals surface area contributed by atoms with E-state index in [-0.39, 0.29) is 29.9 Å². The van der Waals surface area contributed by atoms with Crippen molar-refractivity contribution in [2.45, 2.75) is 103 Å². The first-order valence-corrected chi connectivity index (χ1v) is 16.6. The molecule has 2 aromatic carbocycles. The number of alkyl halides is 6. The molecule has 1 heterocycles. The van der Waals surface area contributed by atoms with Crippen LogP contribution in [0, 0.1) is 31.5 Å². The number of nitrogens with zero attached hydrogens (tertiary/aromatic N) is 1. The summed E-state index contributed by atoms with van der Waals surface area (Å²) in [6.07, 6.45) is -6.00. The van der Waals surface area contributed by atoms with Crippen LogP contribution in [0.2, 0.25) is 0 Å². The van der Waals surface area contributed by atoms with E-state index in [1.165, 1.54) is 0 Å². The molecule has 6 nitrogen and oxygen atoms in total. The number of hydrogen-bond donors (Lipinski definition) is 2. The lowest BCUT2D eigenvalue weighted by atomic mass is 9.81. The number of aromatic nitrogens is 1. The molecule has 1 fully saturated rings. The third kappa shape index (κ3) is 9.14. The lowest BCUT2D eigenvalue weighted by molar-refractivity contribution is -0.140. The van der Waals surface area contributed by atoms with Gasteiger partial charge in [0.1, 0.15) is 11.9 Å². The highest BCUT2D eigenvalue weighted by molar-refractivity contribution is 5.82. The van der Waals surface area contributed by atoms with Gasteiger partial charge in [-0.2, -0.15) is 26.3 Å². The third-order valence-corrected chi connectivity index (χ3v) is 9.33. The lowest BCUT2D eigenvalue weighted by Crippen LogP contribution is -2.41. The zero-order valence-corrected chi connectivity index (χ0v) is 28.3.